The molecule has 1 aromatic rings. The average Bonchev–Trinajstić information content (AvgIpc) is 2.85. The van der Waals surface area contributed by atoms with Gasteiger partial charge in [-0.05, 0) is 26.7 Å². The van der Waals surface area contributed by atoms with Crippen LogP contribution < -0.4 is 5.73 Å². The van der Waals surface area contributed by atoms with E-state index < -0.39 is 0 Å². The van der Waals surface area contributed by atoms with Crippen molar-refractivity contribution in [1.29, 1.82) is 0 Å². The molecular weight excluding hydrogens is 226 g/mol. The predicted molar refractivity (Wildman–Crippen MR) is 72.2 cm³/mol. The van der Waals surface area contributed by atoms with Crippen LogP contribution in [0.15, 0.2) is 12.4 Å². The predicted octanol–water partition coefficient (Wildman–Crippen LogP) is 1.83. The van der Waals surface area contributed by atoms with Crippen molar-refractivity contribution in [3.05, 3.63) is 18.2 Å². The minimum Gasteiger partial charge on any atom is -0.375 e. The van der Waals surface area contributed by atoms with E-state index in [-0.39, 0.29) is 12.1 Å². The van der Waals surface area contributed by atoms with E-state index in [1.54, 1.807) is 0 Å². The molecule has 2 N–H and O–H groups in total. The zero-order valence-electron chi connectivity index (χ0n) is 11.8. The lowest BCUT2D eigenvalue weighted by Crippen LogP contribution is -2.39. The summed E-state index contributed by atoms with van der Waals surface area (Å²) in [7, 11) is 0. The largest absolute Gasteiger partial charge is 0.375 e. The van der Waals surface area contributed by atoms with Gasteiger partial charge >= 0.3 is 0 Å². The van der Waals surface area contributed by atoms with E-state index in [2.05, 4.69) is 37.2 Å². The number of hydrogen-bond acceptors (Lipinski definition) is 3. The first kappa shape index (κ1) is 13.6. The molecule has 0 amide bonds. The Kier molecular flexibility index (Phi) is 4.07. The van der Waals surface area contributed by atoms with E-state index in [1.807, 2.05) is 12.4 Å². The number of imidazole rings is 1. The number of rotatable bonds is 4. The summed E-state index contributed by atoms with van der Waals surface area (Å²) in [6, 6.07) is 0.118. The molecule has 5 unspecified atom stereocenters. The summed E-state index contributed by atoms with van der Waals surface area (Å²) in [6.07, 6.45) is 5.25. The highest BCUT2D eigenvalue weighted by Crippen LogP contribution is 2.34. The zero-order valence-corrected chi connectivity index (χ0v) is 11.8. The van der Waals surface area contributed by atoms with Crippen LogP contribution in [0.4, 0.5) is 0 Å². The summed E-state index contributed by atoms with van der Waals surface area (Å²) in [6.45, 7) is 9.59. The fourth-order valence-corrected chi connectivity index (χ4v) is 3.20. The van der Waals surface area contributed by atoms with Crippen molar-refractivity contribution in [3.8, 4) is 0 Å². The molecule has 2 rings (SSSR count). The van der Waals surface area contributed by atoms with Gasteiger partial charge < -0.3 is 15.0 Å². The third kappa shape index (κ3) is 2.45. The number of aryl methyl sites for hydroxylation is 1. The third-order valence-corrected chi connectivity index (χ3v) is 4.37. The van der Waals surface area contributed by atoms with E-state index in [0.29, 0.717) is 17.9 Å². The minimum absolute atomic E-state index is 0.118. The Hall–Kier alpha value is -0.870. The molecule has 4 heteroatoms. The fourth-order valence-electron chi connectivity index (χ4n) is 3.20. The second-order valence-electron chi connectivity index (χ2n) is 5.48. The number of nitrogens with two attached hydrogens (primary N) is 1. The van der Waals surface area contributed by atoms with Gasteiger partial charge in [0.05, 0.1) is 12.2 Å². The van der Waals surface area contributed by atoms with Crippen LogP contribution in [-0.4, -0.2) is 27.8 Å². The molecule has 1 aliphatic rings. The number of hydrogen-bond donors (Lipinski definition) is 1. The Morgan fingerprint density at radius 2 is 2.11 bits per heavy atom. The van der Waals surface area contributed by atoms with Gasteiger partial charge in [-0.2, -0.15) is 0 Å². The average molecular weight is 251 g/mol. The van der Waals surface area contributed by atoms with E-state index in [4.69, 9.17) is 10.5 Å². The van der Waals surface area contributed by atoms with Crippen LogP contribution in [0.1, 0.15) is 33.5 Å². The Labute approximate surface area is 110 Å². The van der Waals surface area contributed by atoms with Crippen LogP contribution in [0.2, 0.25) is 0 Å². The van der Waals surface area contributed by atoms with Gasteiger partial charge in [0.15, 0.2) is 0 Å². The third-order valence-electron chi connectivity index (χ3n) is 4.37. The quantitative estimate of drug-likeness (QED) is 0.888. The molecular formula is C14H25N3O. The molecule has 0 spiro atoms. The van der Waals surface area contributed by atoms with E-state index >= 15 is 0 Å². The molecule has 0 bridgehead atoms. The van der Waals surface area contributed by atoms with Gasteiger partial charge in [-0.15, -0.1) is 0 Å². The topological polar surface area (TPSA) is 53.1 Å². The first-order valence-corrected chi connectivity index (χ1v) is 6.95. The molecule has 0 aliphatic carbocycles. The lowest BCUT2D eigenvalue weighted by molar-refractivity contribution is 0.0489. The highest BCUT2D eigenvalue weighted by molar-refractivity contribution is 4.99. The molecule has 4 nitrogen and oxygen atoms in total. The van der Waals surface area contributed by atoms with Crippen LogP contribution in [0, 0.1) is 11.8 Å². The maximum atomic E-state index is 6.40. The standard InChI is InChI=1S/C14H25N3O/c1-5-17-7-6-16-13(17)8-12(15)14-9(2)10(3)18-11(14)4/h6-7,9-12,14H,5,8,15H2,1-4H3. The second kappa shape index (κ2) is 5.41. The van der Waals surface area contributed by atoms with Crippen molar-refractivity contribution < 1.29 is 4.74 Å². The molecule has 1 aliphatic heterocycles. The summed E-state index contributed by atoms with van der Waals surface area (Å²) in [4.78, 5) is 4.41. The summed E-state index contributed by atoms with van der Waals surface area (Å²) in [5, 5.41) is 0. The first-order chi connectivity index (χ1) is 8.54. The summed E-state index contributed by atoms with van der Waals surface area (Å²) in [5.41, 5.74) is 6.40. The number of nitrogens with zero attached hydrogens (tertiary/aromatic N) is 2. The summed E-state index contributed by atoms with van der Waals surface area (Å²) < 4.78 is 8.04. The van der Waals surface area contributed by atoms with Crippen molar-refractivity contribution in [1.82, 2.24) is 9.55 Å². The van der Waals surface area contributed by atoms with Crippen molar-refractivity contribution in [3.63, 3.8) is 0 Å². The smallest absolute Gasteiger partial charge is 0.110 e. The Morgan fingerprint density at radius 1 is 1.39 bits per heavy atom. The van der Waals surface area contributed by atoms with E-state index in [0.717, 1.165) is 18.8 Å². The lowest BCUT2D eigenvalue weighted by Gasteiger charge is -2.25. The highest BCUT2D eigenvalue weighted by atomic mass is 16.5. The zero-order chi connectivity index (χ0) is 13.3. The second-order valence-corrected chi connectivity index (χ2v) is 5.48. The first-order valence-electron chi connectivity index (χ1n) is 6.95. The lowest BCUT2D eigenvalue weighted by atomic mass is 9.82. The fraction of sp³-hybridized carbons (Fsp3) is 0.786. The molecule has 102 valence electrons. The summed E-state index contributed by atoms with van der Waals surface area (Å²) >= 11 is 0. The van der Waals surface area contributed by atoms with Gasteiger partial charge in [0, 0.05) is 37.3 Å². The van der Waals surface area contributed by atoms with Crippen LogP contribution in [0.5, 0.6) is 0 Å². The number of ether oxygens (including phenoxy) is 1. The molecule has 1 aromatic heterocycles. The van der Waals surface area contributed by atoms with Gasteiger partial charge in [-0.3, -0.25) is 0 Å². The van der Waals surface area contributed by atoms with Crippen LogP contribution in [0.25, 0.3) is 0 Å². The summed E-state index contributed by atoms with van der Waals surface area (Å²) in [5.74, 6) is 2.02. The molecule has 2 heterocycles. The Balaban J connectivity index is 2.06. The maximum absolute atomic E-state index is 6.40. The van der Waals surface area contributed by atoms with Crippen molar-refractivity contribution in [2.75, 3.05) is 0 Å². The van der Waals surface area contributed by atoms with E-state index in [9.17, 15) is 0 Å². The van der Waals surface area contributed by atoms with Crippen LogP contribution in [0.3, 0.4) is 0 Å². The van der Waals surface area contributed by atoms with E-state index in [1.165, 1.54) is 0 Å². The van der Waals surface area contributed by atoms with Gasteiger partial charge in [0.1, 0.15) is 5.82 Å². The Bertz CT molecular complexity index is 390. The van der Waals surface area contributed by atoms with Gasteiger partial charge in [0.2, 0.25) is 0 Å². The molecule has 0 radical (unpaired) electrons. The van der Waals surface area contributed by atoms with Crippen molar-refractivity contribution in [2.24, 2.45) is 17.6 Å². The monoisotopic (exact) mass is 251 g/mol. The molecule has 1 saturated heterocycles. The minimum atomic E-state index is 0.118. The number of aromatic nitrogens is 2. The molecule has 0 saturated carbocycles. The normalized spacial score (nSPS) is 33.8. The van der Waals surface area contributed by atoms with Crippen LogP contribution in [-0.2, 0) is 17.7 Å². The molecule has 5 atom stereocenters. The van der Waals surface area contributed by atoms with Crippen molar-refractivity contribution >= 4 is 0 Å². The molecule has 1 fully saturated rings. The van der Waals surface area contributed by atoms with Crippen LogP contribution >= 0.6 is 0 Å². The van der Waals surface area contributed by atoms with Crippen molar-refractivity contribution in [2.45, 2.75) is 58.9 Å². The Morgan fingerprint density at radius 3 is 2.67 bits per heavy atom. The molecule has 0 aromatic carbocycles. The van der Waals surface area contributed by atoms with Gasteiger partial charge in [-0.25, -0.2) is 4.98 Å². The van der Waals surface area contributed by atoms with Gasteiger partial charge in [-0.1, -0.05) is 6.92 Å². The van der Waals surface area contributed by atoms with Gasteiger partial charge in [0.25, 0.3) is 0 Å². The molecule has 18 heavy (non-hydrogen) atoms. The highest BCUT2D eigenvalue weighted by Gasteiger charge is 2.40. The maximum Gasteiger partial charge on any atom is 0.110 e. The SMILES string of the molecule is CCn1ccnc1CC(N)C1C(C)OC(C)C1C.